The average molecular weight is 1180 g/mol. The maximum atomic E-state index is 13.6. The van der Waals surface area contributed by atoms with Gasteiger partial charge in [-0.15, -0.1) is 11.3 Å². The van der Waals surface area contributed by atoms with E-state index in [1.807, 2.05) is 60.7 Å². The number of methoxy groups -OCH3 is 2. The predicted molar refractivity (Wildman–Crippen MR) is 319 cm³/mol. The topological polar surface area (TPSA) is 246 Å². The Labute approximate surface area is 497 Å². The van der Waals surface area contributed by atoms with Crippen LogP contribution in [-0.2, 0) is 64.5 Å². The van der Waals surface area contributed by atoms with Crippen LogP contribution in [0.15, 0.2) is 103 Å². The maximum Gasteiger partial charge on any atom is 0.306 e. The second-order valence-corrected chi connectivity index (χ2v) is 22.1. The van der Waals surface area contributed by atoms with Crippen LogP contribution in [0.2, 0.25) is 0 Å². The van der Waals surface area contributed by atoms with E-state index in [0.717, 1.165) is 43.6 Å². The number of hydrogen-bond acceptors (Lipinski definition) is 14. The monoisotopic (exact) mass is 1180 g/mol. The van der Waals surface area contributed by atoms with Gasteiger partial charge in [0.15, 0.2) is 28.8 Å². The number of carbonyl (C=O) groups excluding carboxylic acids is 7. The molecular weight excluding hydrogens is 1110 g/mol. The molecular formula is C65H69N5O14S. The van der Waals surface area contributed by atoms with Crippen molar-refractivity contribution in [3.05, 3.63) is 141 Å². The van der Waals surface area contributed by atoms with Crippen molar-refractivity contribution >= 4 is 80.1 Å². The van der Waals surface area contributed by atoms with Gasteiger partial charge in [0.25, 0.3) is 0 Å². The van der Waals surface area contributed by atoms with Crippen LogP contribution in [0.1, 0.15) is 122 Å². The second kappa shape index (κ2) is 29.3. The maximum absolute atomic E-state index is 13.6. The van der Waals surface area contributed by atoms with Crippen molar-refractivity contribution in [2.24, 2.45) is 5.92 Å². The molecule has 0 aliphatic carbocycles. The lowest BCUT2D eigenvalue weighted by atomic mass is 10.0. The minimum atomic E-state index is -1.03. The normalized spacial score (nSPS) is 12.9. The van der Waals surface area contributed by atoms with Gasteiger partial charge in [0, 0.05) is 72.8 Å². The van der Waals surface area contributed by atoms with Gasteiger partial charge >= 0.3 is 11.9 Å². The number of hydrogen-bond donors (Lipinski definition) is 4. The van der Waals surface area contributed by atoms with Crippen molar-refractivity contribution < 1.29 is 67.1 Å². The number of amides is 5. The van der Waals surface area contributed by atoms with Crippen molar-refractivity contribution in [1.82, 2.24) is 15.5 Å². The molecule has 0 radical (unpaired) electrons. The Morgan fingerprint density at radius 1 is 0.624 bits per heavy atom. The minimum absolute atomic E-state index is 0.0555. The lowest BCUT2D eigenvalue weighted by molar-refractivity contribution is -0.147. The molecule has 2 atom stereocenters. The number of benzene rings is 5. The zero-order valence-electron chi connectivity index (χ0n) is 48.2. The summed E-state index contributed by atoms with van der Waals surface area (Å²) in [5.41, 5.74) is 6.22. The summed E-state index contributed by atoms with van der Waals surface area (Å²) < 4.78 is 29.6. The Balaban J connectivity index is 0.710. The number of rotatable bonds is 28. The van der Waals surface area contributed by atoms with Crippen LogP contribution in [0.25, 0.3) is 10.1 Å². The van der Waals surface area contributed by atoms with Crippen LogP contribution in [0.3, 0.4) is 0 Å². The van der Waals surface area contributed by atoms with Crippen molar-refractivity contribution in [1.29, 1.82) is 0 Å². The number of thiophene rings is 1. The number of nitrogens with one attached hydrogen (secondary N) is 3. The van der Waals surface area contributed by atoms with Gasteiger partial charge in [-0.25, -0.2) is 0 Å². The quantitative estimate of drug-likeness (QED) is 0.0155. The summed E-state index contributed by atoms with van der Waals surface area (Å²) in [5.74, 6) is 4.70. The van der Waals surface area contributed by atoms with Crippen LogP contribution in [-0.4, -0.2) is 96.8 Å². The lowest BCUT2D eigenvalue weighted by Gasteiger charge is -2.26. The van der Waals surface area contributed by atoms with Crippen molar-refractivity contribution in [3.63, 3.8) is 0 Å². The number of ketones is 1. The minimum Gasteiger partial charge on any atom is -0.493 e. The van der Waals surface area contributed by atoms with Crippen molar-refractivity contribution in [2.75, 3.05) is 37.7 Å². The third-order valence-electron chi connectivity index (χ3n) is 14.4. The number of fused-ring (bicyclic) bond motifs is 4. The molecule has 0 saturated carbocycles. The number of carboxylic acids is 1. The molecule has 0 spiro atoms. The van der Waals surface area contributed by atoms with Crippen LogP contribution in [0.5, 0.6) is 23.0 Å². The standard InChI is InChI=1S/C65H69N5O14S/c1-40(2)63(68-58(72)17-10-11-18-60(74)70-38-45-15-7-6-13-43(45)21-22-44-14-8-9-16-50(44)70)65(79)66-41(3)64(78)67-49-23-19-42(20-24-49)39-84-62(77)28-26-59(73)69-36-47-32-52(80-4)55(33-48(47)37-69)83-30-12-29-82-54-31-46-34-57(51(71)25-27-61(75)76)85-56(46)35-53(54)81-5/h6-9,13-16,19-20,23-24,31-35,40-41,63H,10-12,17-18,25-30,36-39H2,1-5H3,(H,66,79)(H,67,78)(H,68,72)(H,75,76)/t41-,63-/m0/s1. The van der Waals surface area contributed by atoms with Gasteiger partial charge in [-0.05, 0) is 108 Å². The van der Waals surface area contributed by atoms with Gasteiger partial charge in [0.05, 0.1) is 57.4 Å². The average Bonchev–Trinajstić information content (AvgIpc) is 3.27. The van der Waals surface area contributed by atoms with E-state index >= 15 is 0 Å². The largest absolute Gasteiger partial charge is 0.493 e. The van der Waals surface area contributed by atoms with Gasteiger partial charge in [0.2, 0.25) is 29.5 Å². The molecule has 8 rings (SSSR count). The Kier molecular flexibility index (Phi) is 21.3. The highest BCUT2D eigenvalue weighted by Crippen LogP contribution is 2.38. The molecule has 0 unspecified atom stereocenters. The number of carbonyl (C=O) groups is 8. The first-order valence-corrected chi connectivity index (χ1v) is 29.0. The summed E-state index contributed by atoms with van der Waals surface area (Å²) >= 11 is 1.27. The molecule has 4 N–H and O–H groups in total. The highest BCUT2D eigenvalue weighted by molar-refractivity contribution is 7.20. The first-order chi connectivity index (χ1) is 41.0. The van der Waals surface area contributed by atoms with Gasteiger partial charge in [-0.3, -0.25) is 38.4 Å². The summed E-state index contributed by atoms with van der Waals surface area (Å²) in [6.07, 6.45) is 1.22. The number of para-hydroxylation sites is 1. The van der Waals surface area contributed by atoms with Crippen LogP contribution in [0, 0.1) is 17.8 Å². The fourth-order valence-electron chi connectivity index (χ4n) is 9.67. The first kappa shape index (κ1) is 61.8. The van der Waals surface area contributed by atoms with Crippen LogP contribution < -0.4 is 39.8 Å². The number of nitrogens with zero attached hydrogens (tertiary/aromatic N) is 2. The molecule has 3 heterocycles. The SMILES string of the molecule is COc1cc2c(cc1OCCCOc1cc3cc(C(=O)CCC(=O)O)sc3cc1OC)CN(C(=O)CCC(=O)OCc1ccc(NC(=O)[C@H](C)NC(=O)[C@@H](NC(=O)CCCCC(=O)N3Cc4ccccc4C#Cc4ccccc43)C(C)C)cc1)C2. The van der Waals surface area contributed by atoms with E-state index in [1.54, 1.807) is 66.1 Å². The van der Waals surface area contributed by atoms with E-state index in [4.69, 9.17) is 28.8 Å². The Morgan fingerprint density at radius 2 is 1.27 bits per heavy atom. The zero-order chi connectivity index (χ0) is 60.6. The Bertz CT molecular complexity index is 3530. The van der Waals surface area contributed by atoms with E-state index in [-0.39, 0.29) is 87.8 Å². The number of carboxylic acid groups (broad SMARTS) is 1. The lowest BCUT2D eigenvalue weighted by Crippen LogP contribution is -2.53. The number of unbranched alkanes of at least 4 members (excludes halogenated alkanes) is 1. The molecule has 0 fully saturated rings. The molecule has 1 aromatic heterocycles. The third-order valence-corrected chi connectivity index (χ3v) is 15.5. The molecule has 0 bridgehead atoms. The number of anilines is 2. The molecule has 5 aromatic carbocycles. The summed E-state index contributed by atoms with van der Waals surface area (Å²) in [6.45, 7) is 6.70. The van der Waals surface area contributed by atoms with Crippen LogP contribution >= 0.6 is 11.3 Å². The van der Waals surface area contributed by atoms with Gasteiger partial charge in [-0.2, -0.15) is 0 Å². The zero-order valence-corrected chi connectivity index (χ0v) is 49.0. The Morgan fingerprint density at radius 3 is 1.98 bits per heavy atom. The molecule has 85 heavy (non-hydrogen) atoms. The summed E-state index contributed by atoms with van der Waals surface area (Å²) in [7, 11) is 3.06. The van der Waals surface area contributed by atoms with Gasteiger partial charge in [-0.1, -0.05) is 68.2 Å². The van der Waals surface area contributed by atoms with Crippen molar-refractivity contribution in [2.45, 2.75) is 117 Å². The fraction of sp³-hybridized carbons (Fsp3) is 0.354. The molecule has 444 valence electrons. The highest BCUT2D eigenvalue weighted by atomic mass is 32.1. The number of esters is 1. The number of aliphatic carboxylic acids is 1. The van der Waals surface area contributed by atoms with Gasteiger partial charge in [0.1, 0.15) is 18.7 Å². The fourth-order valence-corrected chi connectivity index (χ4v) is 10.7. The van der Waals surface area contributed by atoms with Crippen molar-refractivity contribution in [3.8, 4) is 34.8 Å². The molecule has 20 heteroatoms. The summed E-state index contributed by atoms with van der Waals surface area (Å²) in [5, 5.41) is 18.0. The Hall–Kier alpha value is -9.22. The first-order valence-electron chi connectivity index (χ1n) is 28.2. The molecule has 6 aromatic rings. The van der Waals surface area contributed by atoms with E-state index in [0.29, 0.717) is 78.0 Å². The van der Waals surface area contributed by atoms with Crippen LogP contribution in [0.4, 0.5) is 11.4 Å². The molecule has 19 nitrogen and oxygen atoms in total. The number of ether oxygens (including phenoxy) is 5. The second-order valence-electron chi connectivity index (χ2n) is 21.0. The predicted octanol–water partition coefficient (Wildman–Crippen LogP) is 9.27. The van der Waals surface area contributed by atoms with E-state index in [1.165, 1.54) is 32.5 Å². The number of Topliss-reactive ketones (excluding diaryl/α,β-unsaturated/α-hetero) is 1. The third kappa shape index (κ3) is 16.7. The van der Waals surface area contributed by atoms with Gasteiger partial charge < -0.3 is 54.5 Å². The van der Waals surface area contributed by atoms with E-state index < -0.39 is 35.8 Å². The molecule has 2 aliphatic rings. The summed E-state index contributed by atoms with van der Waals surface area (Å²) in [6, 6.07) is 29.1. The van der Waals surface area contributed by atoms with E-state index in [9.17, 15) is 38.4 Å². The van der Waals surface area contributed by atoms with E-state index in [2.05, 4.69) is 27.8 Å². The molecule has 2 aliphatic heterocycles. The molecule has 0 saturated heterocycles. The highest BCUT2D eigenvalue weighted by Gasteiger charge is 2.29. The summed E-state index contributed by atoms with van der Waals surface area (Å²) in [4.78, 5) is 107. The molecule has 5 amide bonds. The smallest absolute Gasteiger partial charge is 0.306 e.